The lowest BCUT2D eigenvalue weighted by Gasteiger charge is -2.15. The summed E-state index contributed by atoms with van der Waals surface area (Å²) in [6, 6.07) is 8.31. The lowest BCUT2D eigenvalue weighted by molar-refractivity contribution is 0.331. The fourth-order valence-corrected chi connectivity index (χ4v) is 2.57. The van der Waals surface area contributed by atoms with Crippen molar-refractivity contribution in [1.29, 1.82) is 0 Å². The summed E-state index contributed by atoms with van der Waals surface area (Å²) in [4.78, 5) is 3.14. The van der Waals surface area contributed by atoms with E-state index in [9.17, 15) is 0 Å². The van der Waals surface area contributed by atoms with Gasteiger partial charge in [0, 0.05) is 17.9 Å². The van der Waals surface area contributed by atoms with Crippen LogP contribution >= 0.6 is 15.9 Å². The number of benzene rings is 1. The average Bonchev–Trinajstić information content (AvgIpc) is 2.64. The summed E-state index contributed by atoms with van der Waals surface area (Å²) in [6.45, 7) is 3.36. The normalized spacial score (nSPS) is 21.9. The van der Waals surface area contributed by atoms with E-state index in [0.717, 1.165) is 18.8 Å². The fourth-order valence-electron chi connectivity index (χ4n) is 1.96. The fraction of sp³-hybridized carbons (Fsp3) is 0.500. The molecule has 0 bridgehead atoms. The standard InChI is InChI=1S/C12H16BrNO/c1-15-12-4-2-3-10(7-12)8-14-6-5-11(13)9-14/h2-4,7,11H,5-6,8-9H2,1H3. The molecule has 1 saturated heterocycles. The second kappa shape index (κ2) is 4.99. The van der Waals surface area contributed by atoms with Crippen LogP contribution in [0.2, 0.25) is 0 Å². The molecule has 3 heteroatoms. The van der Waals surface area contributed by atoms with Crippen molar-refractivity contribution in [2.75, 3.05) is 20.2 Å². The van der Waals surface area contributed by atoms with E-state index in [1.54, 1.807) is 7.11 Å². The Balaban J connectivity index is 1.98. The second-order valence-corrected chi connectivity index (χ2v) is 5.27. The van der Waals surface area contributed by atoms with Gasteiger partial charge in [0.25, 0.3) is 0 Å². The Morgan fingerprint density at radius 2 is 2.40 bits per heavy atom. The van der Waals surface area contributed by atoms with Gasteiger partial charge in [-0.2, -0.15) is 0 Å². The van der Waals surface area contributed by atoms with Crippen LogP contribution < -0.4 is 4.74 Å². The molecule has 0 spiro atoms. The minimum Gasteiger partial charge on any atom is -0.497 e. The average molecular weight is 270 g/mol. The summed E-state index contributed by atoms with van der Waals surface area (Å²) in [5.74, 6) is 0.946. The zero-order valence-electron chi connectivity index (χ0n) is 8.95. The van der Waals surface area contributed by atoms with Gasteiger partial charge in [-0.1, -0.05) is 28.1 Å². The third-order valence-corrected chi connectivity index (χ3v) is 3.50. The van der Waals surface area contributed by atoms with Gasteiger partial charge < -0.3 is 4.74 Å². The van der Waals surface area contributed by atoms with E-state index in [-0.39, 0.29) is 0 Å². The highest BCUT2D eigenvalue weighted by molar-refractivity contribution is 9.09. The minimum atomic E-state index is 0.670. The molecule has 1 unspecified atom stereocenters. The molecule has 1 aliphatic rings. The maximum Gasteiger partial charge on any atom is 0.119 e. The van der Waals surface area contributed by atoms with E-state index in [0.29, 0.717) is 4.83 Å². The Labute approximate surface area is 99.4 Å². The summed E-state index contributed by atoms with van der Waals surface area (Å²) in [5.41, 5.74) is 1.33. The molecule has 1 aromatic carbocycles. The van der Waals surface area contributed by atoms with E-state index in [2.05, 4.69) is 39.0 Å². The molecule has 1 fully saturated rings. The van der Waals surface area contributed by atoms with Crippen molar-refractivity contribution in [2.45, 2.75) is 17.8 Å². The largest absolute Gasteiger partial charge is 0.497 e. The van der Waals surface area contributed by atoms with Gasteiger partial charge >= 0.3 is 0 Å². The summed E-state index contributed by atoms with van der Waals surface area (Å²) in [6.07, 6.45) is 1.25. The summed E-state index contributed by atoms with van der Waals surface area (Å²) in [5, 5.41) is 0. The van der Waals surface area contributed by atoms with Crippen LogP contribution in [0.5, 0.6) is 5.75 Å². The lowest BCUT2D eigenvalue weighted by Crippen LogP contribution is -2.19. The Bertz CT molecular complexity index is 329. The number of alkyl halides is 1. The highest BCUT2D eigenvalue weighted by Gasteiger charge is 2.19. The van der Waals surface area contributed by atoms with Crippen LogP contribution in [0, 0.1) is 0 Å². The molecule has 15 heavy (non-hydrogen) atoms. The van der Waals surface area contributed by atoms with Crippen molar-refractivity contribution in [3.63, 3.8) is 0 Å². The van der Waals surface area contributed by atoms with Gasteiger partial charge in [0.05, 0.1) is 7.11 Å². The molecule has 2 rings (SSSR count). The Hall–Kier alpha value is -0.540. The highest BCUT2D eigenvalue weighted by Crippen LogP contribution is 2.20. The maximum atomic E-state index is 5.21. The molecule has 0 aliphatic carbocycles. The maximum absolute atomic E-state index is 5.21. The van der Waals surface area contributed by atoms with Crippen LogP contribution in [-0.4, -0.2) is 29.9 Å². The molecule has 0 saturated carbocycles. The third kappa shape index (κ3) is 2.95. The van der Waals surface area contributed by atoms with Gasteiger partial charge in [0.15, 0.2) is 0 Å². The molecule has 0 amide bonds. The first-order valence-corrected chi connectivity index (χ1v) is 6.19. The second-order valence-electron chi connectivity index (χ2n) is 3.97. The van der Waals surface area contributed by atoms with Gasteiger partial charge in [-0.3, -0.25) is 4.90 Å². The number of rotatable bonds is 3. The van der Waals surface area contributed by atoms with E-state index in [1.165, 1.54) is 18.5 Å². The molecule has 1 atom stereocenters. The van der Waals surface area contributed by atoms with Gasteiger partial charge in [-0.15, -0.1) is 0 Å². The van der Waals surface area contributed by atoms with Crippen molar-refractivity contribution in [3.05, 3.63) is 29.8 Å². The summed E-state index contributed by atoms with van der Waals surface area (Å²) >= 11 is 3.65. The monoisotopic (exact) mass is 269 g/mol. The summed E-state index contributed by atoms with van der Waals surface area (Å²) < 4.78 is 5.21. The zero-order chi connectivity index (χ0) is 10.7. The first-order valence-electron chi connectivity index (χ1n) is 5.27. The van der Waals surface area contributed by atoms with E-state index < -0.39 is 0 Å². The first-order chi connectivity index (χ1) is 7.28. The number of nitrogens with zero attached hydrogens (tertiary/aromatic N) is 1. The van der Waals surface area contributed by atoms with E-state index in [1.807, 2.05) is 6.07 Å². The quantitative estimate of drug-likeness (QED) is 0.783. The molecule has 0 radical (unpaired) electrons. The Kier molecular flexibility index (Phi) is 3.65. The van der Waals surface area contributed by atoms with Crippen LogP contribution in [0.1, 0.15) is 12.0 Å². The molecule has 1 heterocycles. The first kappa shape index (κ1) is 11.0. The lowest BCUT2D eigenvalue weighted by atomic mass is 10.2. The van der Waals surface area contributed by atoms with Crippen molar-refractivity contribution in [1.82, 2.24) is 4.90 Å². The van der Waals surface area contributed by atoms with Crippen molar-refractivity contribution in [2.24, 2.45) is 0 Å². The Morgan fingerprint density at radius 1 is 1.53 bits per heavy atom. The molecule has 82 valence electrons. The van der Waals surface area contributed by atoms with Crippen LogP contribution in [0.25, 0.3) is 0 Å². The van der Waals surface area contributed by atoms with Gasteiger partial charge in [-0.25, -0.2) is 0 Å². The molecular weight excluding hydrogens is 254 g/mol. The molecule has 0 aromatic heterocycles. The molecule has 1 aliphatic heterocycles. The van der Waals surface area contributed by atoms with Crippen LogP contribution in [0.3, 0.4) is 0 Å². The van der Waals surface area contributed by atoms with Crippen molar-refractivity contribution < 1.29 is 4.74 Å². The van der Waals surface area contributed by atoms with Gasteiger partial charge in [-0.05, 0) is 30.7 Å². The smallest absolute Gasteiger partial charge is 0.119 e. The highest BCUT2D eigenvalue weighted by atomic mass is 79.9. The van der Waals surface area contributed by atoms with E-state index in [4.69, 9.17) is 4.74 Å². The SMILES string of the molecule is COc1cccc(CN2CCC(Br)C2)c1. The molecule has 0 N–H and O–H groups in total. The number of halogens is 1. The predicted molar refractivity (Wildman–Crippen MR) is 65.6 cm³/mol. The number of hydrogen-bond donors (Lipinski definition) is 0. The number of likely N-dealkylation sites (tertiary alicyclic amines) is 1. The molecule has 2 nitrogen and oxygen atoms in total. The third-order valence-electron chi connectivity index (χ3n) is 2.76. The topological polar surface area (TPSA) is 12.5 Å². The van der Waals surface area contributed by atoms with Crippen LogP contribution in [-0.2, 0) is 6.54 Å². The molecular formula is C12H16BrNO. The Morgan fingerprint density at radius 3 is 3.07 bits per heavy atom. The number of ether oxygens (including phenoxy) is 1. The molecule has 1 aromatic rings. The minimum absolute atomic E-state index is 0.670. The number of hydrogen-bond acceptors (Lipinski definition) is 2. The van der Waals surface area contributed by atoms with Gasteiger partial charge in [0.2, 0.25) is 0 Å². The zero-order valence-corrected chi connectivity index (χ0v) is 10.5. The van der Waals surface area contributed by atoms with E-state index >= 15 is 0 Å². The number of methoxy groups -OCH3 is 1. The van der Waals surface area contributed by atoms with Crippen LogP contribution in [0.15, 0.2) is 24.3 Å². The summed E-state index contributed by atoms with van der Waals surface area (Å²) in [7, 11) is 1.71. The van der Waals surface area contributed by atoms with Gasteiger partial charge in [0.1, 0.15) is 5.75 Å². The van der Waals surface area contributed by atoms with Crippen LogP contribution in [0.4, 0.5) is 0 Å². The van der Waals surface area contributed by atoms with Crippen molar-refractivity contribution >= 4 is 15.9 Å². The predicted octanol–water partition coefficient (Wildman–Crippen LogP) is 2.66. The van der Waals surface area contributed by atoms with Crippen molar-refractivity contribution in [3.8, 4) is 5.75 Å².